The number of nitrogens with zero attached hydrogens (tertiary/aromatic N) is 1. The highest BCUT2D eigenvalue weighted by Gasteiger charge is 2.30. The van der Waals surface area contributed by atoms with Gasteiger partial charge in [-0.05, 0) is 18.6 Å². The van der Waals surface area contributed by atoms with Crippen LogP contribution >= 0.6 is 12.2 Å². The molecule has 2 rings (SSSR count). The van der Waals surface area contributed by atoms with Crippen molar-refractivity contribution < 1.29 is 8.42 Å². The lowest BCUT2D eigenvalue weighted by atomic mass is 10.1. The molecule has 2 N–H and O–H groups in total. The molecule has 1 fully saturated rings. The third-order valence-corrected chi connectivity index (χ3v) is 5.28. The number of hydrogen-bond donors (Lipinski definition) is 1. The average molecular weight is 284 g/mol. The van der Waals surface area contributed by atoms with Gasteiger partial charge in [-0.3, -0.25) is 0 Å². The summed E-state index contributed by atoms with van der Waals surface area (Å²) in [5, 5.41) is 0. The summed E-state index contributed by atoms with van der Waals surface area (Å²) < 4.78 is 23.0. The molecule has 1 aliphatic rings. The van der Waals surface area contributed by atoms with E-state index >= 15 is 0 Å². The van der Waals surface area contributed by atoms with Gasteiger partial charge in [-0.1, -0.05) is 24.4 Å². The third kappa shape index (κ3) is 2.81. The van der Waals surface area contributed by atoms with Crippen molar-refractivity contribution in [1.29, 1.82) is 0 Å². The second-order valence-corrected chi connectivity index (χ2v) is 7.25. The van der Waals surface area contributed by atoms with E-state index in [1.807, 2.05) is 36.2 Å². The molecule has 1 unspecified atom stereocenters. The van der Waals surface area contributed by atoms with Gasteiger partial charge in [-0.25, -0.2) is 8.42 Å². The Kier molecular flexibility index (Phi) is 3.59. The Morgan fingerprint density at radius 3 is 2.78 bits per heavy atom. The minimum Gasteiger partial charge on any atom is -0.389 e. The maximum atomic E-state index is 11.5. The Balaban J connectivity index is 2.21. The van der Waals surface area contributed by atoms with Crippen LogP contribution in [0.2, 0.25) is 0 Å². The normalized spacial score (nSPS) is 21.7. The third-order valence-electron chi connectivity index (χ3n) is 3.29. The summed E-state index contributed by atoms with van der Waals surface area (Å²) in [6, 6.07) is 7.60. The zero-order valence-electron chi connectivity index (χ0n) is 10.2. The van der Waals surface area contributed by atoms with Crippen molar-refractivity contribution in [1.82, 2.24) is 0 Å². The first-order chi connectivity index (χ1) is 8.39. The monoisotopic (exact) mass is 284 g/mol. The number of nitrogens with two attached hydrogens (primary N) is 1. The molecule has 4 nitrogen and oxygen atoms in total. The number of anilines is 1. The molecule has 0 spiro atoms. The topological polar surface area (TPSA) is 63.4 Å². The summed E-state index contributed by atoms with van der Waals surface area (Å²) in [4.78, 5) is 2.34. The number of thiocarbonyl (C=S) groups is 1. The van der Waals surface area contributed by atoms with Crippen LogP contribution in [0, 0.1) is 0 Å². The highest BCUT2D eigenvalue weighted by Crippen LogP contribution is 2.23. The Labute approximate surface area is 113 Å². The molecule has 1 aromatic carbocycles. The van der Waals surface area contributed by atoms with Crippen molar-refractivity contribution in [3.63, 3.8) is 0 Å². The van der Waals surface area contributed by atoms with Gasteiger partial charge in [0.05, 0.1) is 11.5 Å². The van der Waals surface area contributed by atoms with Crippen molar-refractivity contribution in [3.05, 3.63) is 29.8 Å². The van der Waals surface area contributed by atoms with Crippen LogP contribution in [0.3, 0.4) is 0 Å². The Morgan fingerprint density at radius 2 is 2.22 bits per heavy atom. The van der Waals surface area contributed by atoms with Crippen LogP contribution < -0.4 is 10.6 Å². The molecule has 98 valence electrons. The molecule has 0 radical (unpaired) electrons. The highest BCUT2D eigenvalue weighted by molar-refractivity contribution is 7.91. The van der Waals surface area contributed by atoms with Crippen LogP contribution in [0.4, 0.5) is 5.69 Å². The first-order valence-corrected chi connectivity index (χ1v) is 7.95. The minimum atomic E-state index is -2.87. The van der Waals surface area contributed by atoms with Crippen molar-refractivity contribution in [2.75, 3.05) is 23.5 Å². The number of rotatable bonds is 3. The molecule has 0 bridgehead atoms. The van der Waals surface area contributed by atoms with Crippen LogP contribution in [-0.2, 0) is 9.84 Å². The first-order valence-electron chi connectivity index (χ1n) is 5.72. The lowest BCUT2D eigenvalue weighted by Gasteiger charge is -2.26. The molecule has 0 aliphatic carbocycles. The van der Waals surface area contributed by atoms with Gasteiger partial charge in [0.1, 0.15) is 4.99 Å². The van der Waals surface area contributed by atoms with Gasteiger partial charge in [0.2, 0.25) is 0 Å². The molecule has 0 amide bonds. The lowest BCUT2D eigenvalue weighted by Crippen LogP contribution is -2.32. The van der Waals surface area contributed by atoms with Crippen LogP contribution in [-0.4, -0.2) is 38.0 Å². The standard InChI is InChI=1S/C12H16N2O2S2/c1-14(11-5-6-18(15,16)8-11)10-4-2-3-9(7-10)12(13)17/h2-4,7,11H,5-6,8H2,1H3,(H2,13,17). The summed E-state index contributed by atoms with van der Waals surface area (Å²) in [7, 11) is -0.960. The molecule has 1 heterocycles. The molecule has 6 heteroatoms. The highest BCUT2D eigenvalue weighted by atomic mass is 32.2. The van der Waals surface area contributed by atoms with E-state index in [1.165, 1.54) is 0 Å². The van der Waals surface area contributed by atoms with Crippen LogP contribution in [0.25, 0.3) is 0 Å². The Hall–Kier alpha value is -1.14. The predicted octanol–water partition coefficient (Wildman–Crippen LogP) is 0.944. The Morgan fingerprint density at radius 1 is 1.50 bits per heavy atom. The van der Waals surface area contributed by atoms with E-state index in [0.717, 1.165) is 11.3 Å². The fraction of sp³-hybridized carbons (Fsp3) is 0.417. The summed E-state index contributed by atoms with van der Waals surface area (Å²) in [5.41, 5.74) is 7.34. The van der Waals surface area contributed by atoms with Crippen LogP contribution in [0.15, 0.2) is 24.3 Å². The lowest BCUT2D eigenvalue weighted by molar-refractivity contribution is 0.601. The molecule has 0 aromatic heterocycles. The van der Waals surface area contributed by atoms with Crippen molar-refractivity contribution in [2.45, 2.75) is 12.5 Å². The van der Waals surface area contributed by atoms with E-state index in [-0.39, 0.29) is 17.5 Å². The maximum absolute atomic E-state index is 11.5. The maximum Gasteiger partial charge on any atom is 0.152 e. The summed E-state index contributed by atoms with van der Waals surface area (Å²) in [5.74, 6) is 0.498. The summed E-state index contributed by atoms with van der Waals surface area (Å²) >= 11 is 4.94. The van der Waals surface area contributed by atoms with Gasteiger partial charge >= 0.3 is 0 Å². The van der Waals surface area contributed by atoms with Gasteiger partial charge in [-0.2, -0.15) is 0 Å². The van der Waals surface area contributed by atoms with E-state index in [1.54, 1.807) is 0 Å². The molecular weight excluding hydrogens is 268 g/mol. The number of sulfone groups is 1. The molecule has 1 aliphatic heterocycles. The molecular formula is C12H16N2O2S2. The second-order valence-electron chi connectivity index (χ2n) is 4.58. The van der Waals surface area contributed by atoms with E-state index in [0.29, 0.717) is 11.4 Å². The number of benzene rings is 1. The zero-order valence-corrected chi connectivity index (χ0v) is 11.8. The van der Waals surface area contributed by atoms with Crippen LogP contribution in [0.1, 0.15) is 12.0 Å². The second kappa shape index (κ2) is 4.85. The van der Waals surface area contributed by atoms with E-state index in [2.05, 4.69) is 0 Å². The van der Waals surface area contributed by atoms with Crippen molar-refractivity contribution in [3.8, 4) is 0 Å². The van der Waals surface area contributed by atoms with Crippen LogP contribution in [0.5, 0.6) is 0 Å². The average Bonchev–Trinajstić information content (AvgIpc) is 2.69. The number of hydrogen-bond acceptors (Lipinski definition) is 4. The molecule has 0 saturated carbocycles. The summed E-state index contributed by atoms with van der Waals surface area (Å²) in [6.45, 7) is 0. The van der Waals surface area contributed by atoms with Gasteiger partial charge < -0.3 is 10.6 Å². The fourth-order valence-electron chi connectivity index (χ4n) is 2.17. The van der Waals surface area contributed by atoms with E-state index < -0.39 is 9.84 Å². The van der Waals surface area contributed by atoms with Crippen molar-refractivity contribution >= 4 is 32.7 Å². The summed E-state index contributed by atoms with van der Waals surface area (Å²) in [6.07, 6.45) is 0.677. The minimum absolute atomic E-state index is 0.0385. The largest absolute Gasteiger partial charge is 0.389 e. The first kappa shape index (κ1) is 13.3. The van der Waals surface area contributed by atoms with E-state index in [9.17, 15) is 8.42 Å². The van der Waals surface area contributed by atoms with Gasteiger partial charge in [0, 0.05) is 24.3 Å². The fourth-order valence-corrected chi connectivity index (χ4v) is 4.07. The van der Waals surface area contributed by atoms with Gasteiger partial charge in [0.15, 0.2) is 9.84 Å². The zero-order chi connectivity index (χ0) is 13.3. The van der Waals surface area contributed by atoms with Crippen molar-refractivity contribution in [2.24, 2.45) is 5.73 Å². The SMILES string of the molecule is CN(c1cccc(C(N)=S)c1)C1CCS(=O)(=O)C1. The van der Waals surface area contributed by atoms with E-state index in [4.69, 9.17) is 18.0 Å². The molecule has 18 heavy (non-hydrogen) atoms. The van der Waals surface area contributed by atoms with Gasteiger partial charge in [-0.15, -0.1) is 0 Å². The molecule has 1 saturated heterocycles. The molecule has 1 atom stereocenters. The quantitative estimate of drug-likeness (QED) is 0.837. The Bertz CT molecular complexity index is 569. The predicted molar refractivity (Wildman–Crippen MR) is 77.8 cm³/mol. The molecule has 1 aromatic rings. The van der Waals surface area contributed by atoms with Gasteiger partial charge in [0.25, 0.3) is 0 Å². The smallest absolute Gasteiger partial charge is 0.152 e.